The minimum atomic E-state index is -5.14. The van der Waals surface area contributed by atoms with Crippen molar-refractivity contribution in [2.24, 2.45) is 11.8 Å². The molecule has 0 fully saturated rings. The van der Waals surface area contributed by atoms with Crippen molar-refractivity contribution in [1.29, 1.82) is 0 Å². The third kappa shape index (κ3) is 8.62. The van der Waals surface area contributed by atoms with Gasteiger partial charge in [0, 0.05) is 0 Å². The molecule has 2 aliphatic rings. The van der Waals surface area contributed by atoms with Crippen LogP contribution in [0.2, 0.25) is 13.1 Å². The summed E-state index contributed by atoms with van der Waals surface area (Å²) in [4.78, 5) is 0. The minimum absolute atomic E-state index is 0.0153. The Kier molecular flexibility index (Phi) is 13.3. The van der Waals surface area contributed by atoms with Crippen molar-refractivity contribution >= 4 is 35.1 Å². The molecule has 6 rings (SSSR count). The Morgan fingerprint density at radius 1 is 0.516 bits per heavy atom. The van der Waals surface area contributed by atoms with Gasteiger partial charge in [0.1, 0.15) is 0 Å². The van der Waals surface area contributed by atoms with Crippen molar-refractivity contribution in [2.45, 2.75) is 179 Å². The topological polar surface area (TPSA) is 0 Å². The first kappa shape index (κ1) is 49.5. The first-order valence-corrected chi connectivity index (χ1v) is 40.3. The second kappa shape index (κ2) is 16.7. The Labute approximate surface area is 388 Å². The van der Waals surface area contributed by atoms with Crippen molar-refractivity contribution in [1.82, 2.24) is 0 Å². The van der Waals surface area contributed by atoms with E-state index in [1.54, 1.807) is 0 Å². The van der Waals surface area contributed by atoms with Crippen LogP contribution in [0.4, 0.5) is 0 Å². The van der Waals surface area contributed by atoms with Crippen LogP contribution < -0.4 is 0 Å². The fourth-order valence-corrected chi connectivity index (χ4v) is 41.8. The Balaban J connectivity index is 1.70. The van der Waals surface area contributed by atoms with Gasteiger partial charge in [-0.1, -0.05) is 0 Å². The Hall–Kier alpha value is -1.96. The van der Waals surface area contributed by atoms with Gasteiger partial charge in [-0.25, -0.2) is 0 Å². The Morgan fingerprint density at radius 2 is 0.806 bits per heavy atom. The molecule has 0 saturated carbocycles. The van der Waals surface area contributed by atoms with Gasteiger partial charge in [0.2, 0.25) is 0 Å². The third-order valence-electron chi connectivity index (χ3n) is 15.4. The zero-order valence-electron chi connectivity index (χ0n) is 42.5. The Bertz CT molecular complexity index is 2220. The molecule has 0 radical (unpaired) electrons. The molecular weight excluding hydrogens is 887 g/mol. The average Bonchev–Trinajstić information content (AvgIpc) is 3.76. The summed E-state index contributed by atoms with van der Waals surface area (Å²) < 4.78 is 0.0713. The molecule has 0 spiro atoms. The van der Waals surface area contributed by atoms with Crippen LogP contribution >= 0.6 is 17.0 Å². The normalized spacial score (nSPS) is 18.9. The number of benzene rings is 4. The van der Waals surface area contributed by atoms with Gasteiger partial charge >= 0.3 is 392 Å². The molecule has 335 valence electrons. The number of rotatable bonds is 9. The van der Waals surface area contributed by atoms with E-state index in [0.717, 1.165) is 12.8 Å². The van der Waals surface area contributed by atoms with Gasteiger partial charge in [-0.2, -0.15) is 0 Å². The molecule has 0 amide bonds. The fraction of sp³-hybridized carbons (Fsp3) is 0.517. The van der Waals surface area contributed by atoms with Crippen LogP contribution in [-0.2, 0) is 37.2 Å². The van der Waals surface area contributed by atoms with Gasteiger partial charge in [-0.15, -0.1) is 0 Å². The van der Waals surface area contributed by atoms with E-state index in [-0.39, 0.29) is 28.9 Å². The molecule has 0 bridgehead atoms. The molecule has 0 nitrogen and oxygen atoms in total. The van der Waals surface area contributed by atoms with Crippen molar-refractivity contribution in [2.75, 3.05) is 0 Å². The van der Waals surface area contributed by atoms with Gasteiger partial charge in [0.25, 0.3) is 0 Å². The van der Waals surface area contributed by atoms with Crippen molar-refractivity contribution < 1.29 is 15.6 Å². The predicted molar refractivity (Wildman–Crippen MR) is 279 cm³/mol. The van der Waals surface area contributed by atoms with Gasteiger partial charge in [0.05, 0.1) is 0 Å². The molecule has 4 aromatic rings. The summed E-state index contributed by atoms with van der Waals surface area (Å²) >= 11 is -5.14. The summed E-state index contributed by atoms with van der Waals surface area (Å²) in [6.07, 6.45) is 7.30. The van der Waals surface area contributed by atoms with E-state index < -0.39 is 21.5 Å². The third-order valence-corrected chi connectivity index (χ3v) is 67.0. The van der Waals surface area contributed by atoms with E-state index in [1.807, 2.05) is 0 Å². The zero-order valence-corrected chi connectivity index (χ0v) is 47.6. The molecular formula is C58H81Cl2SiZr. The second-order valence-corrected chi connectivity index (χ2v) is 66.8. The van der Waals surface area contributed by atoms with Crippen LogP contribution in [-0.4, -0.2) is 5.92 Å². The van der Waals surface area contributed by atoms with E-state index in [1.165, 1.54) is 89.0 Å². The number of fused-ring (bicyclic) bond motifs is 2. The number of allylic oxidation sites excluding steroid dienone is 2. The van der Waals surface area contributed by atoms with E-state index in [4.69, 9.17) is 17.0 Å². The molecule has 0 aromatic heterocycles. The van der Waals surface area contributed by atoms with Gasteiger partial charge < -0.3 is 0 Å². The molecule has 62 heavy (non-hydrogen) atoms. The van der Waals surface area contributed by atoms with E-state index in [9.17, 15) is 0 Å². The standard InChI is InChI=1S/2C28H37.C2H7Si.2ClH.Zr/c2*1-10-18(2)21-13-20-12-11-19(3)26(25(20)16-21)22-14-23(27(4,5)6)17-24(15-22)28(7,8)9;1-3-2;;;/h2*11-18H,10H2,1-9H3;3H,1-2H3;2*1H;/q;;;;;+2/p-2. The number of aryl methyl sites for hydroxylation is 2. The molecule has 4 atom stereocenters. The summed E-state index contributed by atoms with van der Waals surface area (Å²) in [6, 6.07) is 24.5. The van der Waals surface area contributed by atoms with E-state index in [0.29, 0.717) is 11.8 Å². The molecule has 4 aromatic carbocycles. The van der Waals surface area contributed by atoms with Gasteiger partial charge in [0.15, 0.2) is 0 Å². The average molecular weight is 969 g/mol. The number of hydrogen-bond donors (Lipinski definition) is 0. The van der Waals surface area contributed by atoms with Crippen LogP contribution in [0.3, 0.4) is 0 Å². The molecule has 2 aliphatic carbocycles. The van der Waals surface area contributed by atoms with E-state index in [2.05, 4.69) is 211 Å². The SMILES string of the molecule is CCC(C)C1=Cc2c(ccc(C)c2-c2cc(C(C)(C)C)cc(C(C)(C)C)c2)[CH]1[Zr]([Cl])([Cl])([CH]1C(C(C)CC)=Cc2c1ccc(C)c2-c1cc(C(C)(C)C)cc(C(C)(C)C)c1)[SiH](C)C. The number of halogens is 2. The van der Waals surface area contributed by atoms with Crippen molar-refractivity contribution in [3.63, 3.8) is 0 Å². The summed E-state index contributed by atoms with van der Waals surface area (Å²) in [5.74, 6) is -1.08. The molecule has 0 N–H and O–H groups in total. The zero-order chi connectivity index (χ0) is 46.5. The maximum absolute atomic E-state index is 9.16. The predicted octanol–water partition coefficient (Wildman–Crippen LogP) is 18.5. The summed E-state index contributed by atoms with van der Waals surface area (Å²) in [5, 5.41) is 0. The Morgan fingerprint density at radius 3 is 1.05 bits per heavy atom. The van der Waals surface area contributed by atoms with Crippen LogP contribution in [0.1, 0.15) is 187 Å². The molecule has 4 heteroatoms. The molecule has 0 aliphatic heterocycles. The van der Waals surface area contributed by atoms with Crippen LogP contribution in [0, 0.1) is 25.7 Å². The summed E-state index contributed by atoms with van der Waals surface area (Å²) in [6.45, 7) is 47.4. The van der Waals surface area contributed by atoms with Gasteiger partial charge in [-0.05, 0) is 0 Å². The summed E-state index contributed by atoms with van der Waals surface area (Å²) in [5.41, 5.74) is 22.0. The first-order chi connectivity index (χ1) is 28.4. The fourth-order valence-electron chi connectivity index (χ4n) is 10.6. The first-order valence-electron chi connectivity index (χ1n) is 24.0. The van der Waals surface area contributed by atoms with Crippen LogP contribution in [0.25, 0.3) is 34.4 Å². The number of hydrogen-bond acceptors (Lipinski definition) is 0. The van der Waals surface area contributed by atoms with Crippen LogP contribution in [0.5, 0.6) is 0 Å². The second-order valence-electron chi connectivity index (χ2n) is 24.3. The molecule has 0 heterocycles. The maximum atomic E-state index is 9.16. The van der Waals surface area contributed by atoms with Crippen molar-refractivity contribution in [3.8, 4) is 22.3 Å². The quantitative estimate of drug-likeness (QED) is 0.147. The molecule has 0 saturated heterocycles. The summed E-state index contributed by atoms with van der Waals surface area (Å²) in [7, 11) is 18.3. The monoisotopic (exact) mass is 965 g/mol. The van der Waals surface area contributed by atoms with E-state index >= 15 is 0 Å². The van der Waals surface area contributed by atoms with Gasteiger partial charge in [-0.3, -0.25) is 0 Å². The van der Waals surface area contributed by atoms with Crippen molar-refractivity contribution in [3.05, 3.63) is 127 Å². The van der Waals surface area contributed by atoms with Crippen LogP contribution in [0.15, 0.2) is 71.8 Å². The molecule has 4 unspecified atom stereocenters.